The second-order valence-electron chi connectivity index (χ2n) is 22.6. The van der Waals surface area contributed by atoms with E-state index >= 15 is 0 Å². The summed E-state index contributed by atoms with van der Waals surface area (Å²) < 4.78 is 0. The van der Waals surface area contributed by atoms with E-state index in [1.165, 1.54) is 142 Å². The summed E-state index contributed by atoms with van der Waals surface area (Å²) in [5, 5.41) is 0. The van der Waals surface area contributed by atoms with E-state index in [2.05, 4.69) is 187 Å². The van der Waals surface area contributed by atoms with E-state index in [-0.39, 0.29) is 32.5 Å². The Balaban J connectivity index is 0.941. The normalized spacial score (nSPS) is 29.1. The molecule has 4 saturated carbocycles. The molecule has 6 aliphatic carbocycles. The molecule has 13 rings (SSSR count). The fraction of sp³-hybridized carbons (Fsp3) is 0.333. The van der Waals surface area contributed by atoms with Gasteiger partial charge in [0.25, 0.3) is 0 Å². The Morgan fingerprint density at radius 3 is 1.06 bits per heavy atom. The minimum Gasteiger partial charge on any atom is -0.103 e. The molecule has 4 bridgehead atoms. The number of allylic oxidation sites excluding steroid dienone is 1. The first-order chi connectivity index (χ1) is 32.1. The van der Waals surface area contributed by atoms with Crippen LogP contribution in [-0.4, -0.2) is 0 Å². The predicted molar refractivity (Wildman–Crippen MR) is 278 cm³/mol. The van der Waals surface area contributed by atoms with Crippen molar-refractivity contribution < 1.29 is 0 Å². The van der Waals surface area contributed by atoms with Crippen LogP contribution in [-0.2, 0) is 17.3 Å². The Kier molecular flexibility index (Phi) is 8.55. The Morgan fingerprint density at radius 1 is 0.394 bits per heavy atom. The topological polar surface area (TPSA) is 0 Å². The molecule has 4 fully saturated rings. The number of benzene rings is 7. The van der Waals surface area contributed by atoms with Crippen LogP contribution >= 0.6 is 0 Å². The molecule has 0 heteroatoms. The second-order valence-corrected chi connectivity index (χ2v) is 22.6. The average molecular weight is 857 g/mol. The van der Waals surface area contributed by atoms with Crippen molar-refractivity contribution in [2.45, 2.75) is 116 Å². The molecule has 0 aliphatic heterocycles. The monoisotopic (exact) mass is 857 g/mol. The van der Waals surface area contributed by atoms with Crippen molar-refractivity contribution in [3.8, 4) is 66.8 Å². The zero-order valence-corrected chi connectivity index (χ0v) is 39.9. The van der Waals surface area contributed by atoms with Gasteiger partial charge in [-0.2, -0.15) is 0 Å². The quantitative estimate of drug-likeness (QED) is 0.134. The minimum absolute atomic E-state index is 0.0204. The van der Waals surface area contributed by atoms with Crippen LogP contribution in [0, 0.1) is 28.6 Å². The zero-order chi connectivity index (χ0) is 44.8. The summed E-state index contributed by atoms with van der Waals surface area (Å²) in [5.41, 5.74) is 26.6. The molecule has 0 radical (unpaired) electrons. The zero-order valence-electron chi connectivity index (χ0n) is 39.9. The van der Waals surface area contributed by atoms with Crippen molar-refractivity contribution in [2.24, 2.45) is 21.7 Å². The van der Waals surface area contributed by atoms with Gasteiger partial charge in [-0.15, -0.1) is 6.58 Å². The SMILES string of the molecule is C=CCc1ccc(-c2ccc(-c3ccc4c(c3)C3(c5cc(-c6ccc7c(c6)C6(c8cc(-c9ccc(C)cc9)ccc8-7)C7(CC)CCC6(CC)CC7)ccc5-4)C4(C)CCC3(C)CC4)cc2)cc1. The number of hydrogen-bond donors (Lipinski definition) is 0. The fourth-order valence-corrected chi connectivity index (χ4v) is 17.0. The molecule has 7 aromatic carbocycles. The van der Waals surface area contributed by atoms with Gasteiger partial charge >= 0.3 is 0 Å². The van der Waals surface area contributed by atoms with Crippen molar-refractivity contribution in [3.63, 3.8) is 0 Å². The van der Waals surface area contributed by atoms with E-state index in [4.69, 9.17) is 0 Å². The van der Waals surface area contributed by atoms with E-state index in [0.29, 0.717) is 0 Å². The molecular weight excluding hydrogens is 793 g/mol. The van der Waals surface area contributed by atoms with Crippen molar-refractivity contribution in [3.05, 3.63) is 192 Å². The summed E-state index contributed by atoms with van der Waals surface area (Å²) in [6, 6.07) is 58.1. The molecule has 0 saturated heterocycles. The van der Waals surface area contributed by atoms with Crippen molar-refractivity contribution in [1.82, 2.24) is 0 Å². The van der Waals surface area contributed by atoms with Gasteiger partial charge in [0, 0.05) is 10.8 Å². The number of fused-ring (bicyclic) bond motifs is 6. The fourth-order valence-electron chi connectivity index (χ4n) is 17.0. The highest BCUT2D eigenvalue weighted by molar-refractivity contribution is 5.91. The molecule has 66 heavy (non-hydrogen) atoms. The summed E-state index contributed by atoms with van der Waals surface area (Å²) in [7, 11) is 0. The molecule has 0 aromatic heterocycles. The third-order valence-electron chi connectivity index (χ3n) is 20.3. The molecule has 0 N–H and O–H groups in total. The van der Waals surface area contributed by atoms with Crippen molar-refractivity contribution in [2.75, 3.05) is 0 Å². The molecule has 0 atom stereocenters. The lowest BCUT2D eigenvalue weighted by atomic mass is 9.55. The lowest BCUT2D eigenvalue weighted by Gasteiger charge is -2.47. The van der Waals surface area contributed by atoms with E-state index in [9.17, 15) is 0 Å². The summed E-state index contributed by atoms with van der Waals surface area (Å²) in [4.78, 5) is 0. The summed E-state index contributed by atoms with van der Waals surface area (Å²) in [6.45, 7) is 16.5. The highest BCUT2D eigenvalue weighted by atomic mass is 14.8. The molecule has 328 valence electrons. The predicted octanol–water partition coefficient (Wildman–Crippen LogP) is 17.9. The molecule has 7 aromatic rings. The third-order valence-corrected chi connectivity index (χ3v) is 20.3. The van der Waals surface area contributed by atoms with E-state index in [1.807, 2.05) is 6.08 Å². The molecule has 0 unspecified atom stereocenters. The largest absolute Gasteiger partial charge is 0.103 e. The lowest BCUT2D eigenvalue weighted by molar-refractivity contribution is 0.164. The second kappa shape index (κ2) is 13.9. The first-order valence-electron chi connectivity index (χ1n) is 25.5. The van der Waals surface area contributed by atoms with E-state index in [0.717, 1.165) is 6.42 Å². The first-order valence-corrected chi connectivity index (χ1v) is 25.5. The highest BCUT2D eigenvalue weighted by Crippen LogP contribution is 2.81. The van der Waals surface area contributed by atoms with Crippen LogP contribution in [0.3, 0.4) is 0 Å². The molecule has 0 nitrogen and oxygen atoms in total. The van der Waals surface area contributed by atoms with Crippen LogP contribution in [0.2, 0.25) is 0 Å². The van der Waals surface area contributed by atoms with E-state index in [1.54, 1.807) is 22.3 Å². The third kappa shape index (κ3) is 4.91. The van der Waals surface area contributed by atoms with Gasteiger partial charge in [0.2, 0.25) is 0 Å². The number of hydrogen-bond acceptors (Lipinski definition) is 0. The van der Waals surface area contributed by atoms with Crippen LogP contribution in [0.1, 0.15) is 125 Å². The highest BCUT2D eigenvalue weighted by Gasteiger charge is 2.74. The van der Waals surface area contributed by atoms with Gasteiger partial charge in [0.1, 0.15) is 0 Å². The van der Waals surface area contributed by atoms with Gasteiger partial charge in [-0.1, -0.05) is 161 Å². The number of rotatable bonds is 8. The van der Waals surface area contributed by atoms with Gasteiger partial charge < -0.3 is 0 Å². The Hall–Kier alpha value is -5.72. The Labute approximate surface area is 394 Å². The number of aryl methyl sites for hydroxylation is 1. The molecule has 0 heterocycles. The van der Waals surface area contributed by atoms with Crippen molar-refractivity contribution >= 4 is 0 Å². The maximum atomic E-state index is 3.92. The van der Waals surface area contributed by atoms with Crippen LogP contribution in [0.4, 0.5) is 0 Å². The Bertz CT molecular complexity index is 3080. The molecule has 0 amide bonds. The van der Waals surface area contributed by atoms with Gasteiger partial charge in [-0.25, -0.2) is 0 Å². The average Bonchev–Trinajstić information content (AvgIpc) is 4.13. The van der Waals surface area contributed by atoms with Gasteiger partial charge in [-0.3, -0.25) is 0 Å². The van der Waals surface area contributed by atoms with Crippen molar-refractivity contribution in [1.29, 1.82) is 0 Å². The van der Waals surface area contributed by atoms with Gasteiger partial charge in [0.05, 0.1) is 0 Å². The van der Waals surface area contributed by atoms with E-state index < -0.39 is 0 Å². The van der Waals surface area contributed by atoms with Crippen LogP contribution < -0.4 is 0 Å². The molecule has 2 spiro atoms. The Morgan fingerprint density at radius 2 is 0.697 bits per heavy atom. The lowest BCUT2D eigenvalue weighted by Crippen LogP contribution is -2.45. The minimum atomic E-state index is -0.0204. The van der Waals surface area contributed by atoms with Crippen LogP contribution in [0.25, 0.3) is 66.8 Å². The maximum absolute atomic E-state index is 3.92. The molecular formula is C66H64. The van der Waals surface area contributed by atoms with Crippen LogP contribution in [0.5, 0.6) is 0 Å². The smallest absolute Gasteiger partial charge is 0.0327 e. The summed E-state index contributed by atoms with van der Waals surface area (Å²) in [6.07, 6.45) is 15.9. The van der Waals surface area contributed by atoms with Gasteiger partial charge in [-0.05, 0) is 218 Å². The van der Waals surface area contributed by atoms with Gasteiger partial charge in [0.15, 0.2) is 0 Å². The summed E-state index contributed by atoms with van der Waals surface area (Å²) in [5.74, 6) is 0. The summed E-state index contributed by atoms with van der Waals surface area (Å²) >= 11 is 0. The maximum Gasteiger partial charge on any atom is 0.0327 e. The molecule has 6 aliphatic rings. The standard InChI is InChI=1S/C66H64/c1-7-10-44-13-17-45(18-14-44)46-19-21-48(22-20-46)49-23-27-53-54-29-25-51(41-58(54)65(57(53)39-49)61(5)31-33-62(65,6)34-32-61)52-26-30-56-55-28-24-50(47-15-11-43(4)12-16-47)40-59(55)66(60(56)42-52)63(8-2)35-37-64(66,9-3)38-36-63/h7,11-30,39-42H,1,8-10,31-38H2,2-6H3. The first kappa shape index (κ1) is 40.5. The van der Waals surface area contributed by atoms with Crippen LogP contribution in [0.15, 0.2) is 158 Å².